The van der Waals surface area contributed by atoms with Crippen LogP contribution in [-0.4, -0.2) is 28.2 Å². The number of nitrogens with zero attached hydrogens (tertiary/aromatic N) is 3. The highest BCUT2D eigenvalue weighted by molar-refractivity contribution is 5.31. The van der Waals surface area contributed by atoms with Crippen LogP contribution in [0.1, 0.15) is 5.56 Å². The van der Waals surface area contributed by atoms with Gasteiger partial charge in [-0.25, -0.2) is 9.97 Å². The first-order valence-electron chi connectivity index (χ1n) is 4.70. The zero-order valence-corrected chi connectivity index (χ0v) is 8.63. The largest absolute Gasteiger partial charge is 0.392 e. The number of aliphatic hydroxyl groups is 1. The molecule has 0 atom stereocenters. The topological polar surface area (TPSA) is 49.2 Å². The summed E-state index contributed by atoms with van der Waals surface area (Å²) in [6, 6.07) is 0. The van der Waals surface area contributed by atoms with Crippen molar-refractivity contribution in [3.8, 4) is 0 Å². The fraction of sp³-hybridized carbons (Fsp3) is 0.273. The molecule has 0 aromatic carbocycles. The van der Waals surface area contributed by atoms with E-state index >= 15 is 0 Å². The van der Waals surface area contributed by atoms with Gasteiger partial charge in [0, 0.05) is 31.0 Å². The third-order valence-corrected chi connectivity index (χ3v) is 1.86. The van der Waals surface area contributed by atoms with Gasteiger partial charge >= 0.3 is 0 Å². The molecule has 0 fully saturated rings. The van der Waals surface area contributed by atoms with Crippen LogP contribution in [0.4, 0.5) is 5.95 Å². The fourth-order valence-electron chi connectivity index (χ4n) is 1.14. The Balaban J connectivity index is 2.80. The average molecular weight is 205 g/mol. The highest BCUT2D eigenvalue weighted by Crippen LogP contribution is 2.06. The predicted molar refractivity (Wildman–Crippen MR) is 60.6 cm³/mol. The maximum atomic E-state index is 8.85. The second-order valence-corrected chi connectivity index (χ2v) is 3.03. The van der Waals surface area contributed by atoms with Gasteiger partial charge in [0.2, 0.25) is 5.95 Å². The maximum Gasteiger partial charge on any atom is 0.225 e. The van der Waals surface area contributed by atoms with Crippen molar-refractivity contribution >= 4 is 5.95 Å². The normalized spacial score (nSPS) is 9.67. The molecule has 0 aliphatic carbocycles. The van der Waals surface area contributed by atoms with Gasteiger partial charge in [0.1, 0.15) is 0 Å². The van der Waals surface area contributed by atoms with E-state index < -0.39 is 0 Å². The van der Waals surface area contributed by atoms with Crippen molar-refractivity contribution in [2.24, 2.45) is 0 Å². The van der Waals surface area contributed by atoms with Gasteiger partial charge < -0.3 is 10.0 Å². The number of aliphatic hydroxyl groups excluding tert-OH is 1. The Kier molecular flexibility index (Phi) is 4.50. The van der Waals surface area contributed by atoms with E-state index in [0.29, 0.717) is 24.6 Å². The fourth-order valence-corrected chi connectivity index (χ4v) is 1.14. The van der Waals surface area contributed by atoms with Crippen LogP contribution in [0.15, 0.2) is 37.7 Å². The Morgan fingerprint density at radius 3 is 2.13 bits per heavy atom. The van der Waals surface area contributed by atoms with E-state index in [9.17, 15) is 0 Å². The van der Waals surface area contributed by atoms with Gasteiger partial charge in [-0.05, 0) is 0 Å². The van der Waals surface area contributed by atoms with Crippen molar-refractivity contribution in [1.82, 2.24) is 9.97 Å². The molecule has 1 N–H and O–H groups in total. The molecule has 0 bridgehead atoms. The molecule has 0 saturated heterocycles. The first kappa shape index (κ1) is 11.4. The van der Waals surface area contributed by atoms with Crippen LogP contribution in [0.5, 0.6) is 0 Å². The summed E-state index contributed by atoms with van der Waals surface area (Å²) in [5, 5.41) is 8.85. The highest BCUT2D eigenvalue weighted by Gasteiger charge is 2.05. The lowest BCUT2D eigenvalue weighted by Gasteiger charge is -2.18. The van der Waals surface area contributed by atoms with E-state index in [4.69, 9.17) is 5.11 Å². The lowest BCUT2D eigenvalue weighted by atomic mass is 10.4. The SMILES string of the molecule is C=CCN(CC=C)c1ncc(CO)cn1. The van der Waals surface area contributed by atoms with Gasteiger partial charge in [0.25, 0.3) is 0 Å². The number of anilines is 1. The standard InChI is InChI=1S/C11H15N3O/c1-3-5-14(6-4-2)11-12-7-10(9-15)8-13-11/h3-4,7-8,15H,1-2,5-6,9H2. The molecule has 15 heavy (non-hydrogen) atoms. The zero-order valence-electron chi connectivity index (χ0n) is 8.63. The average Bonchev–Trinajstić information content (AvgIpc) is 2.29. The van der Waals surface area contributed by atoms with E-state index in [1.54, 1.807) is 24.5 Å². The van der Waals surface area contributed by atoms with Gasteiger partial charge in [-0.1, -0.05) is 12.2 Å². The van der Waals surface area contributed by atoms with Crippen LogP contribution >= 0.6 is 0 Å². The van der Waals surface area contributed by atoms with Crippen molar-refractivity contribution in [3.63, 3.8) is 0 Å². The van der Waals surface area contributed by atoms with E-state index in [-0.39, 0.29) is 6.61 Å². The zero-order chi connectivity index (χ0) is 11.1. The van der Waals surface area contributed by atoms with Crippen LogP contribution in [0.25, 0.3) is 0 Å². The van der Waals surface area contributed by atoms with Gasteiger partial charge in [-0.3, -0.25) is 0 Å². The monoisotopic (exact) mass is 205 g/mol. The van der Waals surface area contributed by atoms with E-state index in [1.165, 1.54) is 0 Å². The second-order valence-electron chi connectivity index (χ2n) is 3.03. The summed E-state index contributed by atoms with van der Waals surface area (Å²) < 4.78 is 0. The third-order valence-electron chi connectivity index (χ3n) is 1.86. The van der Waals surface area contributed by atoms with E-state index in [1.807, 2.05) is 4.90 Å². The minimum atomic E-state index is -0.0385. The molecule has 0 aliphatic rings. The molecule has 4 nitrogen and oxygen atoms in total. The number of rotatable bonds is 6. The molecule has 4 heteroatoms. The summed E-state index contributed by atoms with van der Waals surface area (Å²) >= 11 is 0. The summed E-state index contributed by atoms with van der Waals surface area (Å²) in [5.41, 5.74) is 0.705. The molecule has 0 radical (unpaired) electrons. The molecule has 80 valence electrons. The predicted octanol–water partition coefficient (Wildman–Crippen LogP) is 1.15. The third kappa shape index (κ3) is 3.18. The Hall–Kier alpha value is -1.68. The van der Waals surface area contributed by atoms with Crippen LogP contribution in [0, 0.1) is 0 Å². The van der Waals surface area contributed by atoms with Crippen LogP contribution in [0.3, 0.4) is 0 Å². The van der Waals surface area contributed by atoms with Crippen LogP contribution in [0.2, 0.25) is 0 Å². The number of aromatic nitrogens is 2. The summed E-state index contributed by atoms with van der Waals surface area (Å²) in [4.78, 5) is 10.2. The van der Waals surface area contributed by atoms with Crippen LogP contribution < -0.4 is 4.90 Å². The Labute approximate surface area is 89.6 Å². The summed E-state index contributed by atoms with van der Waals surface area (Å²) in [7, 11) is 0. The second kappa shape index (κ2) is 5.93. The smallest absolute Gasteiger partial charge is 0.225 e. The van der Waals surface area contributed by atoms with Crippen molar-refractivity contribution < 1.29 is 5.11 Å². The number of hydrogen-bond acceptors (Lipinski definition) is 4. The van der Waals surface area contributed by atoms with Crippen molar-refractivity contribution in [2.75, 3.05) is 18.0 Å². The molecular weight excluding hydrogens is 190 g/mol. The molecule has 1 heterocycles. The first-order valence-corrected chi connectivity index (χ1v) is 4.70. The molecule has 0 unspecified atom stereocenters. The Morgan fingerprint density at radius 2 is 1.73 bits per heavy atom. The van der Waals surface area contributed by atoms with Gasteiger partial charge in [-0.15, -0.1) is 13.2 Å². The van der Waals surface area contributed by atoms with Gasteiger partial charge in [0.05, 0.1) is 6.61 Å². The molecule has 0 spiro atoms. The molecule has 0 aliphatic heterocycles. The Morgan fingerprint density at radius 1 is 1.20 bits per heavy atom. The van der Waals surface area contributed by atoms with Gasteiger partial charge in [0.15, 0.2) is 0 Å². The quantitative estimate of drug-likeness (QED) is 0.708. The van der Waals surface area contributed by atoms with Crippen molar-refractivity contribution in [3.05, 3.63) is 43.3 Å². The Bertz CT molecular complexity index is 311. The summed E-state index contributed by atoms with van der Waals surface area (Å²) in [5.74, 6) is 0.618. The minimum Gasteiger partial charge on any atom is -0.392 e. The lowest BCUT2D eigenvalue weighted by molar-refractivity contribution is 0.281. The minimum absolute atomic E-state index is 0.0385. The van der Waals surface area contributed by atoms with E-state index in [2.05, 4.69) is 23.1 Å². The van der Waals surface area contributed by atoms with Crippen LogP contribution in [-0.2, 0) is 6.61 Å². The summed E-state index contributed by atoms with van der Waals surface area (Å²) in [6.45, 7) is 8.64. The van der Waals surface area contributed by atoms with Gasteiger partial charge in [-0.2, -0.15) is 0 Å². The van der Waals surface area contributed by atoms with Crippen molar-refractivity contribution in [2.45, 2.75) is 6.61 Å². The highest BCUT2D eigenvalue weighted by atomic mass is 16.3. The first-order chi connectivity index (χ1) is 7.31. The van der Waals surface area contributed by atoms with Crippen molar-refractivity contribution in [1.29, 1.82) is 0 Å². The molecule has 0 saturated carbocycles. The molecule has 1 aromatic heterocycles. The molecule has 0 amide bonds. The molecule has 1 aromatic rings. The molecular formula is C11H15N3O. The molecule has 1 rings (SSSR count). The lowest BCUT2D eigenvalue weighted by Crippen LogP contribution is -2.25. The number of hydrogen-bond donors (Lipinski definition) is 1. The summed E-state index contributed by atoms with van der Waals surface area (Å²) in [6.07, 6.45) is 6.79. The van der Waals surface area contributed by atoms with E-state index in [0.717, 1.165) is 0 Å². The maximum absolute atomic E-state index is 8.85.